The maximum Gasteiger partial charge on any atom is 0.241 e. The summed E-state index contributed by atoms with van der Waals surface area (Å²) in [5.74, 6) is 0.146. The van der Waals surface area contributed by atoms with Crippen LogP contribution in [0.15, 0.2) is 56.3 Å². The topological polar surface area (TPSA) is 66.4 Å². The van der Waals surface area contributed by atoms with E-state index in [1.807, 2.05) is 0 Å². The Bertz CT molecular complexity index is 715. The van der Waals surface area contributed by atoms with E-state index >= 15 is 0 Å². The molecular weight excluding hydrogens is 410 g/mol. The Labute approximate surface area is 134 Å². The van der Waals surface area contributed by atoms with Gasteiger partial charge >= 0.3 is 0 Å². The summed E-state index contributed by atoms with van der Waals surface area (Å²) in [5, 5.41) is 9.18. The highest BCUT2D eigenvalue weighted by Crippen LogP contribution is 2.25. The van der Waals surface area contributed by atoms with Crippen LogP contribution < -0.4 is 4.72 Å². The molecule has 20 heavy (non-hydrogen) atoms. The lowest BCUT2D eigenvalue weighted by molar-refractivity contribution is 0.475. The minimum absolute atomic E-state index is 0.146. The number of rotatable bonds is 4. The molecule has 0 aromatic heterocycles. The van der Waals surface area contributed by atoms with E-state index in [0.29, 0.717) is 4.47 Å². The van der Waals surface area contributed by atoms with Crippen molar-refractivity contribution in [2.45, 2.75) is 11.4 Å². The van der Waals surface area contributed by atoms with E-state index < -0.39 is 10.0 Å². The van der Waals surface area contributed by atoms with Gasteiger partial charge in [-0.2, -0.15) is 0 Å². The first-order chi connectivity index (χ1) is 9.38. The lowest BCUT2D eigenvalue weighted by atomic mass is 10.2. The van der Waals surface area contributed by atoms with E-state index in [1.54, 1.807) is 24.3 Å². The zero-order valence-electron chi connectivity index (χ0n) is 10.2. The number of phenolic OH excluding ortho intramolecular Hbond substituents is 1. The molecule has 2 aromatic carbocycles. The monoisotopic (exact) mass is 419 g/mol. The van der Waals surface area contributed by atoms with Gasteiger partial charge in [0.25, 0.3) is 0 Å². The first-order valence-corrected chi connectivity index (χ1v) is 8.68. The molecule has 4 nitrogen and oxygen atoms in total. The summed E-state index contributed by atoms with van der Waals surface area (Å²) in [4.78, 5) is 0.180. The molecule has 0 aliphatic heterocycles. The molecular formula is C13H11Br2NO3S. The summed E-state index contributed by atoms with van der Waals surface area (Å²) in [6.45, 7) is 0.158. The molecule has 0 heterocycles. The summed E-state index contributed by atoms with van der Waals surface area (Å²) in [5.41, 5.74) is 0.764. The third kappa shape index (κ3) is 3.82. The van der Waals surface area contributed by atoms with Crippen LogP contribution in [0.3, 0.4) is 0 Å². The number of hydrogen-bond acceptors (Lipinski definition) is 3. The predicted octanol–water partition coefficient (Wildman–Crippen LogP) is 3.40. The van der Waals surface area contributed by atoms with Crippen LogP contribution >= 0.6 is 31.9 Å². The van der Waals surface area contributed by atoms with Crippen LogP contribution in [0, 0.1) is 0 Å². The third-order valence-corrected chi connectivity index (χ3v) is 5.46. The molecule has 0 saturated heterocycles. The number of halogens is 2. The average Bonchev–Trinajstić information content (AvgIpc) is 2.37. The summed E-state index contributed by atoms with van der Waals surface area (Å²) in [6.07, 6.45) is 0. The van der Waals surface area contributed by atoms with Crippen LogP contribution in [0.4, 0.5) is 0 Å². The van der Waals surface area contributed by atoms with Crippen molar-refractivity contribution >= 4 is 41.9 Å². The number of sulfonamides is 1. The molecule has 0 aliphatic carbocycles. The second-order valence-electron chi connectivity index (χ2n) is 4.07. The second-order valence-corrected chi connectivity index (χ2v) is 7.57. The maximum atomic E-state index is 12.2. The Morgan fingerprint density at radius 2 is 1.70 bits per heavy atom. The molecule has 0 unspecified atom stereocenters. The molecule has 2 rings (SSSR count). The molecule has 0 saturated carbocycles. The molecule has 0 amide bonds. The van der Waals surface area contributed by atoms with Crippen molar-refractivity contribution in [1.29, 1.82) is 0 Å². The van der Waals surface area contributed by atoms with Crippen molar-refractivity contribution in [3.05, 3.63) is 57.0 Å². The van der Waals surface area contributed by atoms with Crippen LogP contribution in [0.2, 0.25) is 0 Å². The number of aromatic hydroxyl groups is 1. The van der Waals surface area contributed by atoms with Crippen LogP contribution in [-0.4, -0.2) is 13.5 Å². The van der Waals surface area contributed by atoms with Gasteiger partial charge in [-0.05, 0) is 51.8 Å². The highest BCUT2D eigenvalue weighted by Gasteiger charge is 2.17. The van der Waals surface area contributed by atoms with Gasteiger partial charge in [0, 0.05) is 15.5 Å². The highest BCUT2D eigenvalue weighted by atomic mass is 79.9. The Hall–Kier alpha value is -0.890. The summed E-state index contributed by atoms with van der Waals surface area (Å²) in [7, 11) is -3.60. The average molecular weight is 421 g/mol. The molecule has 0 radical (unpaired) electrons. The fraction of sp³-hybridized carbons (Fsp3) is 0.0769. The van der Waals surface area contributed by atoms with Gasteiger partial charge in [-0.3, -0.25) is 0 Å². The van der Waals surface area contributed by atoms with Crippen molar-refractivity contribution in [3.8, 4) is 5.75 Å². The maximum absolute atomic E-state index is 12.2. The summed E-state index contributed by atoms with van der Waals surface area (Å²) >= 11 is 6.51. The Balaban J connectivity index is 2.17. The van der Waals surface area contributed by atoms with Gasteiger partial charge in [0.1, 0.15) is 5.75 Å². The van der Waals surface area contributed by atoms with Crippen molar-refractivity contribution in [2.24, 2.45) is 0 Å². The van der Waals surface area contributed by atoms with E-state index in [9.17, 15) is 13.5 Å². The predicted molar refractivity (Wildman–Crippen MR) is 84.0 cm³/mol. The van der Waals surface area contributed by atoms with Gasteiger partial charge in [-0.1, -0.05) is 28.1 Å². The Kier molecular flexibility index (Phi) is 4.85. The zero-order valence-corrected chi connectivity index (χ0v) is 14.2. The molecule has 0 atom stereocenters. The SMILES string of the molecule is O=S(=O)(NCc1ccc(O)cc1)c1ccc(Br)cc1Br. The van der Waals surface area contributed by atoms with Crippen molar-refractivity contribution in [3.63, 3.8) is 0 Å². The van der Waals surface area contributed by atoms with Gasteiger partial charge in [0.15, 0.2) is 0 Å². The van der Waals surface area contributed by atoms with E-state index in [2.05, 4.69) is 36.6 Å². The van der Waals surface area contributed by atoms with Crippen molar-refractivity contribution < 1.29 is 13.5 Å². The van der Waals surface area contributed by atoms with Crippen LogP contribution in [0.25, 0.3) is 0 Å². The molecule has 0 spiro atoms. The van der Waals surface area contributed by atoms with E-state index in [4.69, 9.17) is 0 Å². The van der Waals surface area contributed by atoms with E-state index in [-0.39, 0.29) is 17.2 Å². The lowest BCUT2D eigenvalue weighted by Crippen LogP contribution is -2.23. The molecule has 0 bridgehead atoms. The van der Waals surface area contributed by atoms with E-state index in [0.717, 1.165) is 10.0 Å². The van der Waals surface area contributed by atoms with Gasteiger partial charge in [-0.25, -0.2) is 13.1 Å². The molecule has 106 valence electrons. The van der Waals surface area contributed by atoms with Gasteiger partial charge in [0.05, 0.1) is 4.90 Å². The fourth-order valence-electron chi connectivity index (χ4n) is 1.56. The minimum atomic E-state index is -3.60. The number of benzene rings is 2. The zero-order chi connectivity index (χ0) is 14.8. The number of nitrogens with one attached hydrogen (secondary N) is 1. The standard InChI is InChI=1S/C13H11Br2NO3S/c14-10-3-6-13(12(15)7-10)20(18,19)16-8-9-1-4-11(17)5-2-9/h1-7,16-17H,8H2. The summed E-state index contributed by atoms with van der Waals surface area (Å²) < 4.78 is 28.2. The number of phenols is 1. The van der Waals surface area contributed by atoms with Crippen LogP contribution in [0.1, 0.15) is 5.56 Å². The Morgan fingerprint density at radius 3 is 2.30 bits per heavy atom. The van der Waals surface area contributed by atoms with E-state index in [1.165, 1.54) is 18.2 Å². The first kappa shape index (κ1) is 15.5. The second kappa shape index (κ2) is 6.26. The Morgan fingerprint density at radius 1 is 1.05 bits per heavy atom. The third-order valence-electron chi connectivity index (χ3n) is 2.59. The van der Waals surface area contributed by atoms with Gasteiger partial charge in [0.2, 0.25) is 10.0 Å². The molecule has 0 fully saturated rings. The molecule has 0 aliphatic rings. The van der Waals surface area contributed by atoms with Gasteiger partial charge in [-0.15, -0.1) is 0 Å². The lowest BCUT2D eigenvalue weighted by Gasteiger charge is -2.09. The van der Waals surface area contributed by atoms with Crippen LogP contribution in [0.5, 0.6) is 5.75 Å². The van der Waals surface area contributed by atoms with Crippen LogP contribution in [-0.2, 0) is 16.6 Å². The quantitative estimate of drug-likeness (QED) is 0.796. The molecule has 7 heteroatoms. The van der Waals surface area contributed by atoms with Gasteiger partial charge < -0.3 is 5.11 Å². The molecule has 2 N–H and O–H groups in total. The summed E-state index contributed by atoms with van der Waals surface area (Å²) in [6, 6.07) is 11.2. The first-order valence-electron chi connectivity index (χ1n) is 5.61. The smallest absolute Gasteiger partial charge is 0.241 e. The van der Waals surface area contributed by atoms with Crippen molar-refractivity contribution in [1.82, 2.24) is 4.72 Å². The highest BCUT2D eigenvalue weighted by molar-refractivity contribution is 9.11. The molecule has 2 aromatic rings. The normalized spacial score (nSPS) is 11.5. The van der Waals surface area contributed by atoms with Crippen molar-refractivity contribution in [2.75, 3.05) is 0 Å². The number of hydrogen-bond donors (Lipinski definition) is 2. The fourth-order valence-corrected chi connectivity index (χ4v) is 4.32. The minimum Gasteiger partial charge on any atom is -0.508 e. The largest absolute Gasteiger partial charge is 0.508 e.